The Morgan fingerprint density at radius 1 is 1.38 bits per heavy atom. The number of nitrogens with two attached hydrogens (primary N) is 1. The maximum atomic E-state index is 10.1. The molecule has 1 heterocycles. The lowest BCUT2D eigenvalue weighted by molar-refractivity contribution is 0.132. The number of pyridine rings is 1. The van der Waals surface area contributed by atoms with E-state index in [1.165, 1.54) is 0 Å². The SMILES string of the molecule is CC(C)(C)CC(O)CNc1ccc(N)c2cc(Br)cnc12. The number of aliphatic hydroxyl groups is 1. The van der Waals surface area contributed by atoms with Gasteiger partial charge < -0.3 is 16.2 Å². The molecule has 4 nitrogen and oxygen atoms in total. The third-order valence-corrected chi connectivity index (χ3v) is 3.66. The Hall–Kier alpha value is -1.33. The largest absolute Gasteiger partial charge is 0.398 e. The minimum Gasteiger partial charge on any atom is -0.398 e. The number of hydrogen-bond acceptors (Lipinski definition) is 4. The van der Waals surface area contributed by atoms with Gasteiger partial charge in [-0.1, -0.05) is 20.8 Å². The highest BCUT2D eigenvalue weighted by atomic mass is 79.9. The molecule has 1 atom stereocenters. The van der Waals surface area contributed by atoms with Gasteiger partial charge in [-0.2, -0.15) is 0 Å². The van der Waals surface area contributed by atoms with Crippen LogP contribution >= 0.6 is 15.9 Å². The molecule has 0 saturated carbocycles. The van der Waals surface area contributed by atoms with Crippen LogP contribution in [0.25, 0.3) is 10.9 Å². The predicted octanol–water partition coefficient (Wildman–Crippen LogP) is 3.79. The summed E-state index contributed by atoms with van der Waals surface area (Å²) >= 11 is 3.41. The van der Waals surface area contributed by atoms with Crippen LogP contribution in [0.5, 0.6) is 0 Å². The fourth-order valence-electron chi connectivity index (χ4n) is 2.37. The van der Waals surface area contributed by atoms with Crippen LogP contribution in [-0.4, -0.2) is 22.7 Å². The van der Waals surface area contributed by atoms with Crippen molar-refractivity contribution >= 4 is 38.2 Å². The van der Waals surface area contributed by atoms with E-state index in [0.717, 1.165) is 27.5 Å². The molecule has 0 fully saturated rings. The maximum absolute atomic E-state index is 10.1. The Bertz CT molecular complexity index is 637. The van der Waals surface area contributed by atoms with Crippen LogP contribution in [0, 0.1) is 5.41 Å². The third kappa shape index (κ3) is 4.32. The number of aromatic nitrogens is 1. The summed E-state index contributed by atoms with van der Waals surface area (Å²) < 4.78 is 0.895. The first kappa shape index (κ1) is 16.0. The van der Waals surface area contributed by atoms with Crippen molar-refractivity contribution in [3.8, 4) is 0 Å². The van der Waals surface area contributed by atoms with Crippen molar-refractivity contribution in [2.75, 3.05) is 17.6 Å². The highest BCUT2D eigenvalue weighted by Crippen LogP contribution is 2.29. The van der Waals surface area contributed by atoms with Gasteiger partial charge in [-0.25, -0.2) is 0 Å². The number of anilines is 2. The molecular weight excluding hydrogens is 330 g/mol. The van der Waals surface area contributed by atoms with Gasteiger partial charge in [0.05, 0.1) is 17.3 Å². The van der Waals surface area contributed by atoms with E-state index in [1.54, 1.807) is 6.20 Å². The van der Waals surface area contributed by atoms with Crippen LogP contribution in [0.1, 0.15) is 27.2 Å². The van der Waals surface area contributed by atoms with Crippen molar-refractivity contribution < 1.29 is 5.11 Å². The number of fused-ring (bicyclic) bond motifs is 1. The summed E-state index contributed by atoms with van der Waals surface area (Å²) in [5, 5.41) is 14.3. The highest BCUT2D eigenvalue weighted by molar-refractivity contribution is 9.10. The molecule has 0 bridgehead atoms. The second-order valence-corrected chi connectivity index (χ2v) is 7.47. The Balaban J connectivity index is 2.18. The molecule has 2 aromatic rings. The summed E-state index contributed by atoms with van der Waals surface area (Å²) in [7, 11) is 0. The molecule has 1 aromatic carbocycles. The number of hydrogen-bond donors (Lipinski definition) is 3. The quantitative estimate of drug-likeness (QED) is 0.732. The molecule has 0 aliphatic heterocycles. The van der Waals surface area contributed by atoms with Crippen molar-refractivity contribution in [3.05, 3.63) is 28.9 Å². The summed E-state index contributed by atoms with van der Waals surface area (Å²) in [6, 6.07) is 5.71. The van der Waals surface area contributed by atoms with E-state index in [2.05, 4.69) is 47.0 Å². The van der Waals surface area contributed by atoms with Crippen molar-refractivity contribution in [2.24, 2.45) is 5.41 Å². The van der Waals surface area contributed by atoms with E-state index in [1.807, 2.05) is 18.2 Å². The third-order valence-electron chi connectivity index (χ3n) is 3.23. The lowest BCUT2D eigenvalue weighted by atomic mass is 9.89. The van der Waals surface area contributed by atoms with E-state index < -0.39 is 6.10 Å². The normalized spacial score (nSPS) is 13.4. The van der Waals surface area contributed by atoms with Gasteiger partial charge in [-0.3, -0.25) is 4.98 Å². The topological polar surface area (TPSA) is 71.2 Å². The minimum absolute atomic E-state index is 0.105. The van der Waals surface area contributed by atoms with Crippen LogP contribution in [0.3, 0.4) is 0 Å². The van der Waals surface area contributed by atoms with Crippen molar-refractivity contribution in [1.29, 1.82) is 0 Å². The van der Waals surface area contributed by atoms with Crippen LogP contribution in [0.15, 0.2) is 28.9 Å². The molecule has 0 saturated heterocycles. The van der Waals surface area contributed by atoms with E-state index >= 15 is 0 Å². The fraction of sp³-hybridized carbons (Fsp3) is 0.438. The first-order valence-corrected chi connectivity index (χ1v) is 7.81. The van der Waals surface area contributed by atoms with Gasteiger partial charge in [0, 0.05) is 28.3 Å². The molecule has 0 aliphatic rings. The van der Waals surface area contributed by atoms with E-state index in [4.69, 9.17) is 5.73 Å². The number of nitrogens with one attached hydrogen (secondary N) is 1. The van der Waals surface area contributed by atoms with Gasteiger partial charge in [0.25, 0.3) is 0 Å². The maximum Gasteiger partial charge on any atom is 0.0954 e. The number of halogens is 1. The van der Waals surface area contributed by atoms with Gasteiger partial charge in [0.1, 0.15) is 0 Å². The molecular formula is C16H22BrN3O. The molecule has 1 aromatic heterocycles. The highest BCUT2D eigenvalue weighted by Gasteiger charge is 2.17. The van der Waals surface area contributed by atoms with Crippen LogP contribution in [0.4, 0.5) is 11.4 Å². The molecule has 2 rings (SSSR count). The molecule has 0 aliphatic carbocycles. The number of rotatable bonds is 4. The summed E-state index contributed by atoms with van der Waals surface area (Å²) in [5.74, 6) is 0. The summed E-state index contributed by atoms with van der Waals surface area (Å²) in [6.07, 6.45) is 2.10. The lowest BCUT2D eigenvalue weighted by Gasteiger charge is -2.23. The van der Waals surface area contributed by atoms with Crippen LogP contribution < -0.4 is 11.1 Å². The number of nitrogen functional groups attached to an aromatic ring is 1. The predicted molar refractivity (Wildman–Crippen MR) is 92.4 cm³/mol. The minimum atomic E-state index is -0.395. The monoisotopic (exact) mass is 351 g/mol. The van der Waals surface area contributed by atoms with Gasteiger partial charge in [-0.15, -0.1) is 0 Å². The Kier molecular flexibility index (Phi) is 4.74. The molecule has 0 amide bonds. The summed E-state index contributed by atoms with van der Waals surface area (Å²) in [6.45, 7) is 6.85. The zero-order valence-corrected chi connectivity index (χ0v) is 14.2. The lowest BCUT2D eigenvalue weighted by Crippen LogP contribution is -2.25. The summed E-state index contributed by atoms with van der Waals surface area (Å²) in [4.78, 5) is 4.42. The number of benzene rings is 1. The summed E-state index contributed by atoms with van der Waals surface area (Å²) in [5.41, 5.74) is 8.50. The zero-order chi connectivity index (χ0) is 15.6. The van der Waals surface area contributed by atoms with Crippen molar-refractivity contribution in [3.63, 3.8) is 0 Å². The smallest absolute Gasteiger partial charge is 0.0954 e. The molecule has 21 heavy (non-hydrogen) atoms. The van der Waals surface area contributed by atoms with Gasteiger partial charge >= 0.3 is 0 Å². The molecule has 4 N–H and O–H groups in total. The van der Waals surface area contributed by atoms with Crippen LogP contribution in [-0.2, 0) is 0 Å². The Morgan fingerprint density at radius 3 is 2.76 bits per heavy atom. The second kappa shape index (κ2) is 6.20. The second-order valence-electron chi connectivity index (χ2n) is 6.55. The van der Waals surface area contributed by atoms with Gasteiger partial charge in [-0.05, 0) is 46.0 Å². The van der Waals surface area contributed by atoms with Crippen LogP contribution in [0.2, 0.25) is 0 Å². The van der Waals surface area contributed by atoms with Gasteiger partial charge in [0.2, 0.25) is 0 Å². The molecule has 114 valence electrons. The van der Waals surface area contributed by atoms with Gasteiger partial charge in [0.15, 0.2) is 0 Å². The van der Waals surface area contributed by atoms with Crippen molar-refractivity contribution in [1.82, 2.24) is 4.98 Å². The molecule has 0 radical (unpaired) electrons. The first-order valence-electron chi connectivity index (χ1n) is 7.02. The van der Waals surface area contributed by atoms with E-state index in [-0.39, 0.29) is 5.41 Å². The first-order chi connectivity index (χ1) is 9.76. The number of nitrogens with zero attached hydrogens (tertiary/aromatic N) is 1. The zero-order valence-electron chi connectivity index (χ0n) is 12.7. The van der Waals surface area contributed by atoms with E-state index in [0.29, 0.717) is 12.2 Å². The Morgan fingerprint density at radius 2 is 2.10 bits per heavy atom. The molecule has 1 unspecified atom stereocenters. The molecule has 5 heteroatoms. The fourth-order valence-corrected chi connectivity index (χ4v) is 2.70. The number of aliphatic hydroxyl groups excluding tert-OH is 1. The van der Waals surface area contributed by atoms with Crippen molar-refractivity contribution in [2.45, 2.75) is 33.3 Å². The average Bonchev–Trinajstić information content (AvgIpc) is 2.36. The van der Waals surface area contributed by atoms with E-state index in [9.17, 15) is 5.11 Å². The molecule has 0 spiro atoms. The Labute approximate surface area is 133 Å². The average molecular weight is 352 g/mol. The standard InChI is InChI=1S/C16H22BrN3O/c1-16(2,3)7-11(21)9-19-14-5-4-13(18)12-6-10(17)8-20-15(12)14/h4-6,8,11,19,21H,7,9,18H2,1-3H3.